The summed E-state index contributed by atoms with van der Waals surface area (Å²) < 4.78 is 0. The second kappa shape index (κ2) is 7.34. The van der Waals surface area contributed by atoms with Gasteiger partial charge >= 0.3 is 0 Å². The monoisotopic (exact) mass is 330 g/mol. The van der Waals surface area contributed by atoms with E-state index < -0.39 is 6.10 Å². The molecule has 0 aliphatic carbocycles. The summed E-state index contributed by atoms with van der Waals surface area (Å²) in [5, 5.41) is 12.5. The quantitative estimate of drug-likeness (QED) is 0.855. The number of carbonyl (C=O) groups is 1. The fourth-order valence-corrected chi connectivity index (χ4v) is 3.93. The Labute approximate surface area is 140 Å². The van der Waals surface area contributed by atoms with E-state index in [1.165, 1.54) is 16.9 Å². The number of nitrogens with zero attached hydrogens (tertiary/aromatic N) is 2. The highest BCUT2D eigenvalue weighted by molar-refractivity contribution is 7.12. The zero-order chi connectivity index (χ0) is 16.2. The number of rotatable bonds is 5. The van der Waals surface area contributed by atoms with E-state index in [-0.39, 0.29) is 11.7 Å². The molecule has 0 aromatic carbocycles. The maximum atomic E-state index is 11.4. The van der Waals surface area contributed by atoms with Crippen LogP contribution in [-0.2, 0) is 6.54 Å². The number of piperidine rings is 1. The Hall–Kier alpha value is -1.56. The van der Waals surface area contributed by atoms with Crippen molar-refractivity contribution in [1.29, 1.82) is 0 Å². The van der Waals surface area contributed by atoms with E-state index in [0.29, 0.717) is 0 Å². The van der Waals surface area contributed by atoms with Crippen molar-refractivity contribution in [1.82, 2.24) is 9.88 Å². The molecule has 0 saturated carbocycles. The van der Waals surface area contributed by atoms with Crippen molar-refractivity contribution in [2.75, 3.05) is 13.1 Å². The summed E-state index contributed by atoms with van der Waals surface area (Å²) >= 11 is 1.52. The summed E-state index contributed by atoms with van der Waals surface area (Å²) in [5.74, 6) is 0.412. The number of likely N-dealkylation sites (tertiary alicyclic amines) is 1. The summed E-state index contributed by atoms with van der Waals surface area (Å²) in [6.45, 7) is 4.44. The molecule has 0 bridgehead atoms. The van der Waals surface area contributed by atoms with Gasteiger partial charge in [-0.15, -0.1) is 11.3 Å². The Morgan fingerprint density at radius 3 is 2.83 bits per heavy atom. The molecule has 1 aliphatic rings. The molecule has 4 nitrogen and oxygen atoms in total. The topological polar surface area (TPSA) is 53.4 Å². The predicted octanol–water partition coefficient (Wildman–Crippen LogP) is 3.29. The zero-order valence-corrected chi connectivity index (χ0v) is 14.1. The summed E-state index contributed by atoms with van der Waals surface area (Å²) in [6, 6.07) is 7.69. The van der Waals surface area contributed by atoms with Crippen molar-refractivity contribution in [2.24, 2.45) is 5.92 Å². The Kier molecular flexibility index (Phi) is 5.20. The SMILES string of the molecule is CC(=O)c1cc(CN2CCC(C(O)c3ccccn3)CC2)cs1. The predicted molar refractivity (Wildman–Crippen MR) is 91.5 cm³/mol. The van der Waals surface area contributed by atoms with Crippen molar-refractivity contribution in [2.45, 2.75) is 32.4 Å². The first-order valence-corrected chi connectivity index (χ1v) is 8.91. The fourth-order valence-electron chi connectivity index (χ4n) is 3.12. The molecule has 1 fully saturated rings. The average molecular weight is 330 g/mol. The lowest BCUT2D eigenvalue weighted by Gasteiger charge is -2.33. The molecule has 1 saturated heterocycles. The van der Waals surface area contributed by atoms with Crippen molar-refractivity contribution in [3.8, 4) is 0 Å². The Bertz CT molecular complexity index is 648. The summed E-state index contributed by atoms with van der Waals surface area (Å²) in [4.78, 5) is 18.9. The second-order valence-electron chi connectivity index (χ2n) is 6.19. The van der Waals surface area contributed by atoms with Crippen LogP contribution in [0.25, 0.3) is 0 Å². The van der Waals surface area contributed by atoms with Gasteiger partial charge in [0.05, 0.1) is 16.7 Å². The van der Waals surface area contributed by atoms with Crippen molar-refractivity contribution < 1.29 is 9.90 Å². The number of pyridine rings is 1. The Balaban J connectivity index is 1.53. The number of aromatic nitrogens is 1. The molecular formula is C18H22N2O2S. The van der Waals surface area contributed by atoms with Crippen LogP contribution in [0.15, 0.2) is 35.8 Å². The van der Waals surface area contributed by atoms with Gasteiger partial charge in [0.1, 0.15) is 0 Å². The minimum atomic E-state index is -0.469. The number of ketones is 1. The third kappa shape index (κ3) is 4.05. The van der Waals surface area contributed by atoms with Crippen LogP contribution in [0, 0.1) is 5.92 Å². The molecule has 1 N–H and O–H groups in total. The number of thiophene rings is 1. The average Bonchev–Trinajstić information content (AvgIpc) is 3.04. The number of aliphatic hydroxyl groups excluding tert-OH is 1. The van der Waals surface area contributed by atoms with E-state index in [1.54, 1.807) is 13.1 Å². The smallest absolute Gasteiger partial charge is 0.169 e. The fraction of sp³-hybridized carbons (Fsp3) is 0.444. The number of Topliss-reactive ketones (excluding diaryl/α,β-unsaturated/α-hetero) is 1. The highest BCUT2D eigenvalue weighted by Crippen LogP contribution is 2.30. The van der Waals surface area contributed by atoms with Crippen LogP contribution < -0.4 is 0 Å². The van der Waals surface area contributed by atoms with Gasteiger partial charge in [-0.25, -0.2) is 0 Å². The van der Waals surface area contributed by atoms with Gasteiger partial charge in [-0.3, -0.25) is 14.7 Å². The number of hydrogen-bond donors (Lipinski definition) is 1. The molecule has 3 heterocycles. The van der Waals surface area contributed by atoms with E-state index in [2.05, 4.69) is 15.3 Å². The van der Waals surface area contributed by atoms with E-state index >= 15 is 0 Å². The molecule has 1 aliphatic heterocycles. The third-order valence-electron chi connectivity index (χ3n) is 4.48. The van der Waals surface area contributed by atoms with Crippen LogP contribution in [0.3, 0.4) is 0 Å². The van der Waals surface area contributed by atoms with Crippen LogP contribution in [0.1, 0.15) is 46.8 Å². The molecule has 3 rings (SSSR count). The standard InChI is InChI=1S/C18H22N2O2S/c1-13(21)17-10-14(12-23-17)11-20-8-5-15(6-9-20)18(22)16-4-2-3-7-19-16/h2-4,7,10,12,15,18,22H,5-6,8-9,11H2,1H3. The first-order chi connectivity index (χ1) is 11.1. The summed E-state index contributed by atoms with van der Waals surface area (Å²) in [6.07, 6.45) is 3.21. The van der Waals surface area contributed by atoms with E-state index in [9.17, 15) is 9.90 Å². The molecule has 0 amide bonds. The van der Waals surface area contributed by atoms with Gasteiger partial charge in [0.15, 0.2) is 5.78 Å². The molecule has 1 unspecified atom stereocenters. The van der Waals surface area contributed by atoms with Gasteiger partial charge in [-0.05, 0) is 67.9 Å². The first-order valence-electron chi connectivity index (χ1n) is 8.03. The molecule has 0 spiro atoms. The van der Waals surface area contributed by atoms with Gasteiger partial charge in [-0.2, -0.15) is 0 Å². The number of carbonyl (C=O) groups excluding carboxylic acids is 1. The largest absolute Gasteiger partial charge is 0.387 e. The van der Waals surface area contributed by atoms with Crippen molar-refractivity contribution >= 4 is 17.1 Å². The second-order valence-corrected chi connectivity index (χ2v) is 7.10. The van der Waals surface area contributed by atoms with Crippen LogP contribution >= 0.6 is 11.3 Å². The highest BCUT2D eigenvalue weighted by Gasteiger charge is 2.27. The van der Waals surface area contributed by atoms with E-state index in [4.69, 9.17) is 0 Å². The number of hydrogen-bond acceptors (Lipinski definition) is 5. The zero-order valence-electron chi connectivity index (χ0n) is 13.3. The lowest BCUT2D eigenvalue weighted by Crippen LogP contribution is -2.35. The summed E-state index contributed by atoms with van der Waals surface area (Å²) in [7, 11) is 0. The Morgan fingerprint density at radius 2 is 2.22 bits per heavy atom. The van der Waals surface area contributed by atoms with Crippen LogP contribution in [0.2, 0.25) is 0 Å². The minimum absolute atomic E-state index is 0.137. The Morgan fingerprint density at radius 1 is 1.43 bits per heavy atom. The number of aliphatic hydroxyl groups is 1. The van der Waals surface area contributed by atoms with Gasteiger partial charge in [0, 0.05) is 12.7 Å². The van der Waals surface area contributed by atoms with Crippen LogP contribution in [0.4, 0.5) is 0 Å². The molecule has 5 heteroatoms. The molecule has 122 valence electrons. The van der Waals surface area contributed by atoms with E-state index in [0.717, 1.165) is 43.0 Å². The maximum absolute atomic E-state index is 11.4. The molecule has 2 aromatic rings. The molecule has 1 atom stereocenters. The van der Waals surface area contributed by atoms with Gasteiger partial charge < -0.3 is 5.11 Å². The van der Waals surface area contributed by atoms with Crippen molar-refractivity contribution in [3.63, 3.8) is 0 Å². The maximum Gasteiger partial charge on any atom is 0.169 e. The lowest BCUT2D eigenvalue weighted by molar-refractivity contribution is 0.0540. The van der Waals surface area contributed by atoms with Crippen LogP contribution in [-0.4, -0.2) is 33.9 Å². The van der Waals surface area contributed by atoms with Gasteiger partial charge in [0.2, 0.25) is 0 Å². The van der Waals surface area contributed by atoms with E-state index in [1.807, 2.05) is 24.3 Å². The molecule has 23 heavy (non-hydrogen) atoms. The van der Waals surface area contributed by atoms with Gasteiger partial charge in [-0.1, -0.05) is 6.07 Å². The molecule has 0 radical (unpaired) electrons. The molecule has 2 aromatic heterocycles. The van der Waals surface area contributed by atoms with Crippen LogP contribution in [0.5, 0.6) is 0 Å². The molecular weight excluding hydrogens is 308 g/mol. The summed E-state index contributed by atoms with van der Waals surface area (Å²) in [5.41, 5.74) is 1.99. The lowest BCUT2D eigenvalue weighted by atomic mass is 9.89. The van der Waals surface area contributed by atoms with Crippen molar-refractivity contribution in [3.05, 3.63) is 52.0 Å². The third-order valence-corrected chi connectivity index (χ3v) is 5.56. The van der Waals surface area contributed by atoms with Gasteiger partial charge in [0.25, 0.3) is 0 Å². The highest BCUT2D eigenvalue weighted by atomic mass is 32.1. The minimum Gasteiger partial charge on any atom is -0.387 e. The first kappa shape index (κ1) is 16.3. The normalized spacial score (nSPS) is 18.0.